The molecule has 0 heterocycles. The summed E-state index contributed by atoms with van der Waals surface area (Å²) in [6, 6.07) is 7.94. The maximum absolute atomic E-state index is 6.07. The van der Waals surface area contributed by atoms with Gasteiger partial charge in [-0.25, -0.2) is 0 Å². The number of hydrogen-bond donors (Lipinski definition) is 1. The van der Waals surface area contributed by atoms with Crippen molar-refractivity contribution in [2.75, 3.05) is 11.9 Å². The third kappa shape index (κ3) is 6.90. The molecule has 0 aliphatic rings. The molecule has 0 saturated carbocycles. The van der Waals surface area contributed by atoms with E-state index in [1.807, 2.05) is 24.3 Å². The van der Waals surface area contributed by atoms with E-state index in [0.717, 1.165) is 17.3 Å². The number of halogens is 1. The smallest absolute Gasteiger partial charge is 0.0637 e. The largest absolute Gasteiger partial charge is 0.384 e. The van der Waals surface area contributed by atoms with Crippen molar-refractivity contribution in [3.63, 3.8) is 0 Å². The van der Waals surface area contributed by atoms with Crippen molar-refractivity contribution >= 4 is 17.3 Å². The Morgan fingerprint density at radius 1 is 0.889 bits per heavy atom. The molecule has 1 aromatic rings. The number of para-hydroxylation sites is 1. The van der Waals surface area contributed by atoms with Crippen molar-refractivity contribution in [3.05, 3.63) is 29.3 Å². The number of rotatable bonds is 10. The van der Waals surface area contributed by atoms with Crippen LogP contribution < -0.4 is 5.32 Å². The van der Waals surface area contributed by atoms with Gasteiger partial charge in [-0.2, -0.15) is 0 Å². The Bertz CT molecular complexity index is 312. The lowest BCUT2D eigenvalue weighted by Gasteiger charge is -2.07. The minimum Gasteiger partial charge on any atom is -0.384 e. The van der Waals surface area contributed by atoms with Gasteiger partial charge >= 0.3 is 0 Å². The Kier molecular flexibility index (Phi) is 8.75. The first kappa shape index (κ1) is 15.4. The molecular formula is C16H26ClN. The summed E-state index contributed by atoms with van der Waals surface area (Å²) >= 11 is 6.07. The average Bonchev–Trinajstić information content (AvgIpc) is 2.39. The maximum atomic E-state index is 6.07. The highest BCUT2D eigenvalue weighted by molar-refractivity contribution is 6.33. The van der Waals surface area contributed by atoms with Gasteiger partial charge in [-0.15, -0.1) is 0 Å². The lowest BCUT2D eigenvalue weighted by molar-refractivity contribution is 0.581. The van der Waals surface area contributed by atoms with Crippen LogP contribution in [0.4, 0.5) is 5.69 Å². The average molecular weight is 268 g/mol. The summed E-state index contributed by atoms with van der Waals surface area (Å²) < 4.78 is 0. The topological polar surface area (TPSA) is 12.0 Å². The molecule has 102 valence electrons. The summed E-state index contributed by atoms with van der Waals surface area (Å²) in [5.74, 6) is 0. The zero-order valence-corrected chi connectivity index (χ0v) is 12.3. The summed E-state index contributed by atoms with van der Waals surface area (Å²) in [5.41, 5.74) is 1.06. The molecule has 1 N–H and O–H groups in total. The van der Waals surface area contributed by atoms with E-state index in [2.05, 4.69) is 12.2 Å². The molecule has 0 bridgehead atoms. The molecule has 0 unspecified atom stereocenters. The van der Waals surface area contributed by atoms with Crippen LogP contribution >= 0.6 is 11.6 Å². The molecule has 1 rings (SSSR count). The van der Waals surface area contributed by atoms with Gasteiger partial charge in [-0.05, 0) is 18.6 Å². The van der Waals surface area contributed by atoms with Crippen molar-refractivity contribution < 1.29 is 0 Å². The summed E-state index contributed by atoms with van der Waals surface area (Å²) in [5, 5.41) is 4.21. The SMILES string of the molecule is CCCCCCCCCCNc1ccccc1Cl. The van der Waals surface area contributed by atoms with E-state index in [1.54, 1.807) is 0 Å². The number of nitrogens with one attached hydrogen (secondary N) is 1. The van der Waals surface area contributed by atoms with Crippen molar-refractivity contribution in [1.29, 1.82) is 0 Å². The molecule has 18 heavy (non-hydrogen) atoms. The fraction of sp³-hybridized carbons (Fsp3) is 0.625. The highest BCUT2D eigenvalue weighted by Gasteiger charge is 1.97. The van der Waals surface area contributed by atoms with Crippen LogP contribution in [0.1, 0.15) is 58.3 Å². The fourth-order valence-corrected chi connectivity index (χ4v) is 2.29. The highest BCUT2D eigenvalue weighted by atomic mass is 35.5. The molecule has 0 amide bonds. The van der Waals surface area contributed by atoms with Crippen LogP contribution in [-0.4, -0.2) is 6.54 Å². The Labute approximate surface area is 117 Å². The number of benzene rings is 1. The van der Waals surface area contributed by atoms with Gasteiger partial charge in [0, 0.05) is 6.54 Å². The second-order valence-electron chi connectivity index (χ2n) is 4.88. The number of anilines is 1. The molecule has 1 aromatic carbocycles. The van der Waals surface area contributed by atoms with Crippen molar-refractivity contribution in [3.8, 4) is 0 Å². The molecule has 2 heteroatoms. The zero-order valence-electron chi connectivity index (χ0n) is 11.6. The van der Waals surface area contributed by atoms with E-state index in [-0.39, 0.29) is 0 Å². The molecule has 0 saturated heterocycles. The van der Waals surface area contributed by atoms with Crippen LogP contribution in [0.25, 0.3) is 0 Å². The van der Waals surface area contributed by atoms with E-state index in [0.29, 0.717) is 0 Å². The first-order chi connectivity index (χ1) is 8.84. The second kappa shape index (κ2) is 10.3. The van der Waals surface area contributed by atoms with E-state index >= 15 is 0 Å². The lowest BCUT2D eigenvalue weighted by atomic mass is 10.1. The van der Waals surface area contributed by atoms with E-state index in [1.165, 1.54) is 51.4 Å². The first-order valence-electron chi connectivity index (χ1n) is 7.33. The molecule has 1 nitrogen and oxygen atoms in total. The molecule has 0 aliphatic heterocycles. The van der Waals surface area contributed by atoms with Gasteiger partial charge in [0.2, 0.25) is 0 Å². The van der Waals surface area contributed by atoms with Gasteiger partial charge in [-0.1, -0.05) is 75.6 Å². The van der Waals surface area contributed by atoms with Gasteiger partial charge in [0.1, 0.15) is 0 Å². The third-order valence-corrected chi connectivity index (χ3v) is 3.55. The maximum Gasteiger partial charge on any atom is 0.0637 e. The summed E-state index contributed by atoms with van der Waals surface area (Å²) in [6.07, 6.45) is 10.9. The van der Waals surface area contributed by atoms with Crippen LogP contribution in [0.5, 0.6) is 0 Å². The number of unbranched alkanes of at least 4 members (excludes halogenated alkanes) is 7. The second-order valence-corrected chi connectivity index (χ2v) is 5.29. The monoisotopic (exact) mass is 267 g/mol. The Balaban J connectivity index is 1.94. The summed E-state index contributed by atoms with van der Waals surface area (Å²) in [6.45, 7) is 3.29. The van der Waals surface area contributed by atoms with Crippen LogP contribution in [0.15, 0.2) is 24.3 Å². The molecule has 0 fully saturated rings. The van der Waals surface area contributed by atoms with Gasteiger partial charge in [0.15, 0.2) is 0 Å². The van der Waals surface area contributed by atoms with Crippen molar-refractivity contribution in [1.82, 2.24) is 0 Å². The third-order valence-electron chi connectivity index (χ3n) is 3.22. The van der Waals surface area contributed by atoms with Crippen LogP contribution in [0.2, 0.25) is 5.02 Å². The quantitative estimate of drug-likeness (QED) is 0.521. The van der Waals surface area contributed by atoms with E-state index < -0.39 is 0 Å². The highest BCUT2D eigenvalue weighted by Crippen LogP contribution is 2.20. The van der Waals surface area contributed by atoms with Crippen molar-refractivity contribution in [2.24, 2.45) is 0 Å². The Morgan fingerprint density at radius 3 is 2.17 bits per heavy atom. The van der Waals surface area contributed by atoms with E-state index in [9.17, 15) is 0 Å². The zero-order chi connectivity index (χ0) is 13.1. The Morgan fingerprint density at radius 2 is 1.50 bits per heavy atom. The fourth-order valence-electron chi connectivity index (χ4n) is 2.09. The summed E-state index contributed by atoms with van der Waals surface area (Å²) in [7, 11) is 0. The Hall–Kier alpha value is -0.690. The normalized spacial score (nSPS) is 10.6. The molecule has 0 atom stereocenters. The minimum atomic E-state index is 0.817. The van der Waals surface area contributed by atoms with Crippen LogP contribution in [0, 0.1) is 0 Å². The lowest BCUT2D eigenvalue weighted by Crippen LogP contribution is -2.01. The predicted octanol–water partition coefficient (Wildman–Crippen LogP) is 5.89. The molecule has 0 radical (unpaired) electrons. The van der Waals surface area contributed by atoms with Gasteiger partial charge < -0.3 is 5.32 Å². The standard InChI is InChI=1S/C16H26ClN/c1-2-3-4-5-6-7-8-11-14-18-16-13-10-9-12-15(16)17/h9-10,12-13,18H,2-8,11,14H2,1H3. The van der Waals surface area contributed by atoms with Gasteiger partial charge in [0.05, 0.1) is 10.7 Å². The molecular weight excluding hydrogens is 242 g/mol. The van der Waals surface area contributed by atoms with Crippen LogP contribution in [0.3, 0.4) is 0 Å². The first-order valence-corrected chi connectivity index (χ1v) is 7.70. The van der Waals surface area contributed by atoms with Crippen LogP contribution in [-0.2, 0) is 0 Å². The van der Waals surface area contributed by atoms with E-state index in [4.69, 9.17) is 11.6 Å². The molecule has 0 aliphatic carbocycles. The summed E-state index contributed by atoms with van der Waals surface area (Å²) in [4.78, 5) is 0. The van der Waals surface area contributed by atoms with Gasteiger partial charge in [-0.3, -0.25) is 0 Å². The van der Waals surface area contributed by atoms with Crippen molar-refractivity contribution in [2.45, 2.75) is 58.3 Å². The molecule has 0 spiro atoms. The molecule has 0 aromatic heterocycles. The minimum absolute atomic E-state index is 0.817. The van der Waals surface area contributed by atoms with Gasteiger partial charge in [0.25, 0.3) is 0 Å². The predicted molar refractivity (Wildman–Crippen MR) is 82.6 cm³/mol. The number of hydrogen-bond acceptors (Lipinski definition) is 1.